The van der Waals surface area contributed by atoms with E-state index in [0.717, 1.165) is 11.4 Å². The van der Waals surface area contributed by atoms with Crippen LogP contribution in [0.5, 0.6) is 0 Å². The first-order valence-corrected chi connectivity index (χ1v) is 19.3. The topological polar surface area (TPSA) is 9.86 Å². The molecule has 0 N–H and O–H groups in total. The number of fused-ring (bicyclic) bond motifs is 6. The van der Waals surface area contributed by atoms with E-state index in [2.05, 4.69) is 228 Å². The maximum Gasteiger partial charge on any atom is 0.0553 e. The van der Waals surface area contributed by atoms with Gasteiger partial charge in [-0.3, -0.25) is 0 Å². The fraction of sp³-hybridized carbons (Fsp3) is 0. The monoisotopic (exact) mass is 712 g/mol. The second-order valence-corrected chi connectivity index (χ2v) is 14.6. The smallest absolute Gasteiger partial charge is 0.0553 e. The Morgan fingerprint density at radius 1 is 0.232 bits per heavy atom. The molecule has 0 saturated heterocycles. The van der Waals surface area contributed by atoms with Crippen molar-refractivity contribution in [3.05, 3.63) is 218 Å². The Bertz CT molecular complexity index is 3200. The number of hydrogen-bond acceptors (Lipinski definition) is 0. The number of rotatable bonds is 6. The number of para-hydroxylation sites is 2. The van der Waals surface area contributed by atoms with Gasteiger partial charge in [-0.25, -0.2) is 0 Å². The molecule has 0 fully saturated rings. The van der Waals surface area contributed by atoms with Gasteiger partial charge in [0.05, 0.1) is 22.1 Å². The molecule has 0 aliphatic heterocycles. The van der Waals surface area contributed by atoms with Gasteiger partial charge in [-0.15, -0.1) is 0 Å². The average molecular weight is 713 g/mol. The molecular weight excluding hydrogens is 677 g/mol. The van der Waals surface area contributed by atoms with Gasteiger partial charge in [0, 0.05) is 32.9 Å². The van der Waals surface area contributed by atoms with Crippen molar-refractivity contribution >= 4 is 43.6 Å². The van der Waals surface area contributed by atoms with Crippen LogP contribution in [0.4, 0.5) is 0 Å². The van der Waals surface area contributed by atoms with Crippen LogP contribution in [0.3, 0.4) is 0 Å². The number of nitrogens with zero attached hydrogens (tertiary/aromatic N) is 2. The van der Waals surface area contributed by atoms with E-state index in [9.17, 15) is 0 Å². The van der Waals surface area contributed by atoms with Gasteiger partial charge in [0.25, 0.3) is 0 Å². The zero-order chi connectivity index (χ0) is 37.0. The van der Waals surface area contributed by atoms with Crippen LogP contribution in [0.2, 0.25) is 0 Å². The van der Waals surface area contributed by atoms with Gasteiger partial charge in [0.15, 0.2) is 0 Å². The summed E-state index contributed by atoms with van der Waals surface area (Å²) in [7, 11) is 0. The zero-order valence-electron chi connectivity index (χ0n) is 30.7. The van der Waals surface area contributed by atoms with E-state index < -0.39 is 0 Å². The van der Waals surface area contributed by atoms with Crippen LogP contribution in [0.25, 0.3) is 99.5 Å². The minimum absolute atomic E-state index is 1.15. The summed E-state index contributed by atoms with van der Waals surface area (Å²) < 4.78 is 4.85. The number of benzene rings is 9. The van der Waals surface area contributed by atoms with Crippen LogP contribution in [-0.4, -0.2) is 9.13 Å². The third-order valence-corrected chi connectivity index (χ3v) is 11.3. The highest BCUT2D eigenvalue weighted by Gasteiger charge is 2.20. The van der Waals surface area contributed by atoms with Crippen molar-refractivity contribution in [3.63, 3.8) is 0 Å². The Kier molecular flexibility index (Phi) is 7.53. The molecule has 0 aliphatic carbocycles. The van der Waals surface area contributed by atoms with Crippen LogP contribution in [0, 0.1) is 0 Å². The summed E-state index contributed by atoms with van der Waals surface area (Å²) in [5.74, 6) is 0. The maximum absolute atomic E-state index is 2.44. The SMILES string of the molecule is c1ccc(-c2ccc3c4cc(-c5ccc6c(c5)c5c(-c7ccccc7)cc(-c7ccccc7)cc5n6-c5ccccc5)ccc4n(-c4ccccc4)c3c2)cc1. The molecule has 0 saturated carbocycles. The fourth-order valence-corrected chi connectivity index (χ4v) is 8.69. The predicted molar refractivity (Wildman–Crippen MR) is 237 cm³/mol. The molecule has 2 nitrogen and oxygen atoms in total. The molecule has 0 bridgehead atoms. The molecule has 2 aromatic heterocycles. The standard InChI is InChI=1S/C54H36N2/c1-6-16-37(17-7-1)42-26-29-46-48-32-40(27-30-50(48)55(52(46)35-42)44-22-12-4-13-23-44)41-28-31-51-49(33-41)54-47(39-20-10-3-11-21-39)34-43(38-18-8-2-9-19-38)36-53(54)56(51)45-24-14-5-15-25-45/h1-36H. The summed E-state index contributed by atoms with van der Waals surface area (Å²) in [5, 5.41) is 4.98. The molecule has 0 spiro atoms. The average Bonchev–Trinajstić information content (AvgIpc) is 3.79. The second kappa shape index (κ2) is 13.2. The summed E-state index contributed by atoms with van der Waals surface area (Å²) in [6, 6.07) is 79.4. The van der Waals surface area contributed by atoms with Gasteiger partial charge < -0.3 is 9.13 Å². The van der Waals surface area contributed by atoms with E-state index in [1.54, 1.807) is 0 Å². The molecule has 0 unspecified atom stereocenters. The van der Waals surface area contributed by atoms with Gasteiger partial charge in [-0.05, 0) is 111 Å². The summed E-state index contributed by atoms with van der Waals surface area (Å²) in [5.41, 5.74) is 16.7. The second-order valence-electron chi connectivity index (χ2n) is 14.6. The zero-order valence-corrected chi connectivity index (χ0v) is 30.7. The van der Waals surface area contributed by atoms with Gasteiger partial charge in [0.1, 0.15) is 0 Å². The van der Waals surface area contributed by atoms with Crippen molar-refractivity contribution in [1.82, 2.24) is 9.13 Å². The molecule has 11 rings (SSSR count). The van der Waals surface area contributed by atoms with Gasteiger partial charge >= 0.3 is 0 Å². The number of hydrogen-bond donors (Lipinski definition) is 0. The van der Waals surface area contributed by atoms with E-state index in [4.69, 9.17) is 0 Å². The highest BCUT2D eigenvalue weighted by molar-refractivity contribution is 6.18. The van der Waals surface area contributed by atoms with Gasteiger partial charge in [-0.1, -0.05) is 152 Å². The van der Waals surface area contributed by atoms with E-state index in [-0.39, 0.29) is 0 Å². The third-order valence-electron chi connectivity index (χ3n) is 11.3. The minimum atomic E-state index is 1.15. The van der Waals surface area contributed by atoms with E-state index in [1.807, 2.05) is 0 Å². The van der Waals surface area contributed by atoms with Gasteiger partial charge in [-0.2, -0.15) is 0 Å². The summed E-state index contributed by atoms with van der Waals surface area (Å²) >= 11 is 0. The lowest BCUT2D eigenvalue weighted by molar-refractivity contribution is 1.18. The molecule has 11 aromatic rings. The molecule has 0 aliphatic rings. The predicted octanol–water partition coefficient (Wildman–Crippen LogP) is 14.5. The van der Waals surface area contributed by atoms with Gasteiger partial charge in [0.2, 0.25) is 0 Å². The fourth-order valence-electron chi connectivity index (χ4n) is 8.69. The van der Waals surface area contributed by atoms with Crippen LogP contribution in [0.1, 0.15) is 0 Å². The van der Waals surface area contributed by atoms with E-state index in [1.165, 1.54) is 88.1 Å². The largest absolute Gasteiger partial charge is 0.309 e. The molecule has 2 heteroatoms. The summed E-state index contributed by atoms with van der Waals surface area (Å²) in [6.45, 7) is 0. The minimum Gasteiger partial charge on any atom is -0.309 e. The lowest BCUT2D eigenvalue weighted by atomic mass is 9.93. The first-order chi connectivity index (χ1) is 27.8. The third kappa shape index (κ3) is 5.26. The normalized spacial score (nSPS) is 11.6. The van der Waals surface area contributed by atoms with E-state index >= 15 is 0 Å². The Balaban J connectivity index is 1.17. The van der Waals surface area contributed by atoms with Crippen molar-refractivity contribution < 1.29 is 0 Å². The highest BCUT2D eigenvalue weighted by atomic mass is 15.0. The maximum atomic E-state index is 2.44. The first-order valence-electron chi connectivity index (χ1n) is 19.3. The highest BCUT2D eigenvalue weighted by Crippen LogP contribution is 2.44. The molecule has 9 aromatic carbocycles. The van der Waals surface area contributed by atoms with Crippen molar-refractivity contribution in [2.45, 2.75) is 0 Å². The molecule has 262 valence electrons. The van der Waals surface area contributed by atoms with Crippen molar-refractivity contribution in [2.75, 3.05) is 0 Å². The molecular formula is C54H36N2. The molecule has 56 heavy (non-hydrogen) atoms. The molecule has 0 radical (unpaired) electrons. The Morgan fingerprint density at radius 2 is 0.661 bits per heavy atom. The van der Waals surface area contributed by atoms with Crippen LogP contribution < -0.4 is 0 Å². The van der Waals surface area contributed by atoms with Crippen LogP contribution >= 0.6 is 0 Å². The molecule has 2 heterocycles. The summed E-state index contributed by atoms with van der Waals surface area (Å²) in [4.78, 5) is 0. The Hall–Kier alpha value is -7.42. The van der Waals surface area contributed by atoms with Crippen molar-refractivity contribution in [1.29, 1.82) is 0 Å². The molecule has 0 atom stereocenters. The van der Waals surface area contributed by atoms with E-state index in [0.29, 0.717) is 0 Å². The first kappa shape index (κ1) is 32.0. The molecule has 0 amide bonds. The van der Waals surface area contributed by atoms with Crippen LogP contribution in [-0.2, 0) is 0 Å². The van der Waals surface area contributed by atoms with Crippen molar-refractivity contribution in [2.24, 2.45) is 0 Å². The lowest BCUT2D eigenvalue weighted by Crippen LogP contribution is -1.94. The number of aromatic nitrogens is 2. The lowest BCUT2D eigenvalue weighted by Gasteiger charge is -2.12. The van der Waals surface area contributed by atoms with Crippen molar-refractivity contribution in [3.8, 4) is 55.9 Å². The van der Waals surface area contributed by atoms with Crippen LogP contribution in [0.15, 0.2) is 218 Å². The quantitative estimate of drug-likeness (QED) is 0.162. The Labute approximate surface area is 325 Å². The Morgan fingerprint density at radius 3 is 1.25 bits per heavy atom. The summed E-state index contributed by atoms with van der Waals surface area (Å²) in [6.07, 6.45) is 0.